The van der Waals surface area contributed by atoms with Gasteiger partial charge in [0.05, 0.1) is 12.6 Å². The SMILES string of the molecule is Cn1c(CN2C[C@H](O)C[C@H]2c2ccc(F)c(F)c2)nnc1C1CC1. The van der Waals surface area contributed by atoms with Crippen LogP contribution in [0.15, 0.2) is 18.2 Å². The first-order chi connectivity index (χ1) is 11.5. The zero-order valence-corrected chi connectivity index (χ0v) is 13.5. The highest BCUT2D eigenvalue weighted by Crippen LogP contribution is 2.39. The second-order valence-electron chi connectivity index (χ2n) is 6.82. The molecule has 0 amide bonds. The number of rotatable bonds is 4. The van der Waals surface area contributed by atoms with Gasteiger partial charge < -0.3 is 9.67 Å². The molecule has 1 aromatic carbocycles. The van der Waals surface area contributed by atoms with Crippen LogP contribution in [0.3, 0.4) is 0 Å². The molecule has 0 radical (unpaired) electrons. The van der Waals surface area contributed by atoms with E-state index in [9.17, 15) is 13.9 Å². The van der Waals surface area contributed by atoms with Crippen LogP contribution >= 0.6 is 0 Å². The zero-order valence-electron chi connectivity index (χ0n) is 13.5. The normalized spacial score (nSPS) is 24.7. The summed E-state index contributed by atoms with van der Waals surface area (Å²) in [6.45, 7) is 1.01. The maximum atomic E-state index is 13.6. The van der Waals surface area contributed by atoms with Gasteiger partial charge in [0.1, 0.15) is 11.6 Å². The van der Waals surface area contributed by atoms with Gasteiger partial charge >= 0.3 is 0 Å². The number of aromatic nitrogens is 3. The first kappa shape index (κ1) is 15.7. The number of halogens is 2. The molecule has 0 spiro atoms. The van der Waals surface area contributed by atoms with Crippen molar-refractivity contribution in [2.24, 2.45) is 7.05 Å². The van der Waals surface area contributed by atoms with Crippen molar-refractivity contribution in [2.45, 2.75) is 43.9 Å². The second-order valence-corrected chi connectivity index (χ2v) is 6.82. The van der Waals surface area contributed by atoms with Gasteiger partial charge in [-0.05, 0) is 37.0 Å². The molecule has 0 bridgehead atoms. The third kappa shape index (κ3) is 2.82. The summed E-state index contributed by atoms with van der Waals surface area (Å²) in [5.74, 6) is 0.643. The Bertz CT molecular complexity index is 759. The number of benzene rings is 1. The number of nitrogens with zero attached hydrogens (tertiary/aromatic N) is 4. The van der Waals surface area contributed by atoms with Crippen LogP contribution in [-0.2, 0) is 13.6 Å². The number of hydrogen-bond acceptors (Lipinski definition) is 4. The third-order valence-corrected chi connectivity index (χ3v) is 5.00. The van der Waals surface area contributed by atoms with Crippen LogP contribution in [0.2, 0.25) is 0 Å². The van der Waals surface area contributed by atoms with Gasteiger partial charge in [-0.15, -0.1) is 10.2 Å². The Labute approximate surface area is 138 Å². The van der Waals surface area contributed by atoms with Crippen molar-refractivity contribution < 1.29 is 13.9 Å². The summed E-state index contributed by atoms with van der Waals surface area (Å²) in [5.41, 5.74) is 0.676. The van der Waals surface area contributed by atoms with Gasteiger partial charge in [0.2, 0.25) is 0 Å². The van der Waals surface area contributed by atoms with Gasteiger partial charge in [0.15, 0.2) is 11.6 Å². The molecule has 24 heavy (non-hydrogen) atoms. The molecule has 5 nitrogen and oxygen atoms in total. The molecule has 2 fully saturated rings. The minimum Gasteiger partial charge on any atom is -0.392 e. The molecule has 1 aromatic heterocycles. The van der Waals surface area contributed by atoms with E-state index in [2.05, 4.69) is 15.1 Å². The van der Waals surface area contributed by atoms with E-state index in [0.717, 1.165) is 30.6 Å². The summed E-state index contributed by atoms with van der Waals surface area (Å²) in [6, 6.07) is 3.79. The molecule has 2 atom stereocenters. The Balaban J connectivity index is 1.57. The Kier molecular flexibility index (Phi) is 3.85. The van der Waals surface area contributed by atoms with E-state index in [1.807, 2.05) is 11.6 Å². The van der Waals surface area contributed by atoms with Gasteiger partial charge in [-0.3, -0.25) is 4.90 Å². The van der Waals surface area contributed by atoms with Crippen molar-refractivity contribution in [3.8, 4) is 0 Å². The fraction of sp³-hybridized carbons (Fsp3) is 0.529. The molecule has 2 heterocycles. The maximum absolute atomic E-state index is 13.6. The minimum absolute atomic E-state index is 0.156. The molecule has 1 N–H and O–H groups in total. The van der Waals surface area contributed by atoms with Crippen molar-refractivity contribution in [3.05, 3.63) is 47.0 Å². The molecule has 2 aliphatic rings. The Morgan fingerprint density at radius 1 is 1.21 bits per heavy atom. The summed E-state index contributed by atoms with van der Waals surface area (Å²) in [6.07, 6.45) is 2.33. The van der Waals surface area contributed by atoms with Crippen molar-refractivity contribution >= 4 is 0 Å². The monoisotopic (exact) mass is 334 g/mol. The smallest absolute Gasteiger partial charge is 0.159 e. The fourth-order valence-corrected chi connectivity index (χ4v) is 3.51. The number of hydrogen-bond donors (Lipinski definition) is 1. The van der Waals surface area contributed by atoms with Crippen LogP contribution in [0.4, 0.5) is 8.78 Å². The van der Waals surface area contributed by atoms with E-state index >= 15 is 0 Å². The highest BCUT2D eigenvalue weighted by atomic mass is 19.2. The van der Waals surface area contributed by atoms with Crippen LogP contribution in [0.25, 0.3) is 0 Å². The molecule has 4 rings (SSSR count). The quantitative estimate of drug-likeness (QED) is 0.932. The summed E-state index contributed by atoms with van der Waals surface area (Å²) in [5, 5.41) is 18.6. The Morgan fingerprint density at radius 2 is 2.00 bits per heavy atom. The Morgan fingerprint density at radius 3 is 2.71 bits per heavy atom. The lowest BCUT2D eigenvalue weighted by atomic mass is 10.0. The summed E-state index contributed by atoms with van der Waals surface area (Å²) in [7, 11) is 1.96. The van der Waals surface area contributed by atoms with Crippen molar-refractivity contribution in [3.63, 3.8) is 0 Å². The lowest BCUT2D eigenvalue weighted by Gasteiger charge is -2.24. The maximum Gasteiger partial charge on any atom is 0.159 e. The fourth-order valence-electron chi connectivity index (χ4n) is 3.51. The summed E-state index contributed by atoms with van der Waals surface area (Å²) in [4.78, 5) is 2.05. The molecule has 1 saturated heterocycles. The van der Waals surface area contributed by atoms with Gasteiger partial charge in [-0.2, -0.15) is 0 Å². The van der Waals surface area contributed by atoms with Crippen LogP contribution < -0.4 is 0 Å². The van der Waals surface area contributed by atoms with Gasteiger partial charge in [0.25, 0.3) is 0 Å². The highest BCUT2D eigenvalue weighted by Gasteiger charge is 2.34. The van der Waals surface area contributed by atoms with Crippen LogP contribution in [0.5, 0.6) is 0 Å². The zero-order chi connectivity index (χ0) is 16.8. The second kappa shape index (κ2) is 5.89. The lowest BCUT2D eigenvalue weighted by Crippen LogP contribution is -2.26. The molecule has 128 valence electrons. The molecular formula is C17H20F2N4O. The molecule has 0 unspecified atom stereocenters. The average molecular weight is 334 g/mol. The summed E-state index contributed by atoms with van der Waals surface area (Å²) < 4.78 is 28.8. The van der Waals surface area contributed by atoms with Gasteiger partial charge in [-0.1, -0.05) is 6.07 Å². The minimum atomic E-state index is -0.858. The summed E-state index contributed by atoms with van der Waals surface area (Å²) >= 11 is 0. The van der Waals surface area contributed by atoms with Crippen LogP contribution in [0.1, 0.15) is 48.4 Å². The van der Waals surface area contributed by atoms with Gasteiger partial charge in [-0.25, -0.2) is 8.78 Å². The highest BCUT2D eigenvalue weighted by molar-refractivity contribution is 5.23. The predicted molar refractivity (Wildman–Crippen MR) is 83.1 cm³/mol. The van der Waals surface area contributed by atoms with Crippen molar-refractivity contribution in [1.29, 1.82) is 0 Å². The van der Waals surface area contributed by atoms with Crippen LogP contribution in [0, 0.1) is 11.6 Å². The molecule has 7 heteroatoms. The largest absolute Gasteiger partial charge is 0.392 e. The number of β-amino-alcohol motifs (C(OH)–C–C–N with tert-alkyl or cyclic N) is 1. The van der Waals surface area contributed by atoms with Crippen molar-refractivity contribution in [2.75, 3.05) is 6.54 Å². The van der Waals surface area contributed by atoms with Crippen LogP contribution in [-0.4, -0.2) is 37.4 Å². The average Bonchev–Trinajstić information content (AvgIpc) is 3.23. The number of aliphatic hydroxyl groups is 1. The van der Waals surface area contributed by atoms with E-state index in [0.29, 0.717) is 31.0 Å². The first-order valence-corrected chi connectivity index (χ1v) is 8.28. The standard InChI is InChI=1S/C17H20F2N4O/c1-22-16(20-21-17(22)10-2-3-10)9-23-8-12(24)7-15(23)11-4-5-13(18)14(19)6-11/h4-6,10,12,15,24H,2-3,7-9H2,1H3/t12-,15+/m1/s1. The third-order valence-electron chi connectivity index (χ3n) is 5.00. The van der Waals surface area contributed by atoms with Crippen molar-refractivity contribution in [1.82, 2.24) is 19.7 Å². The van der Waals surface area contributed by atoms with E-state index in [-0.39, 0.29) is 6.04 Å². The van der Waals surface area contributed by atoms with E-state index in [4.69, 9.17) is 0 Å². The van der Waals surface area contributed by atoms with E-state index in [1.165, 1.54) is 6.07 Å². The Hall–Kier alpha value is -1.86. The molecule has 1 aliphatic carbocycles. The first-order valence-electron chi connectivity index (χ1n) is 8.28. The molecular weight excluding hydrogens is 314 g/mol. The predicted octanol–water partition coefficient (Wildman–Crippen LogP) is 2.28. The number of likely N-dealkylation sites (tertiary alicyclic amines) is 1. The molecule has 1 saturated carbocycles. The molecule has 2 aromatic rings. The van der Waals surface area contributed by atoms with Gasteiger partial charge in [0, 0.05) is 25.6 Å². The molecule has 1 aliphatic heterocycles. The van der Waals surface area contributed by atoms with E-state index < -0.39 is 17.7 Å². The van der Waals surface area contributed by atoms with E-state index in [1.54, 1.807) is 6.07 Å². The topological polar surface area (TPSA) is 54.2 Å². The number of aliphatic hydroxyl groups excluding tert-OH is 1. The lowest BCUT2D eigenvalue weighted by molar-refractivity contribution is 0.170.